The summed E-state index contributed by atoms with van der Waals surface area (Å²) in [5.41, 5.74) is -1.07. The second kappa shape index (κ2) is 5.89. The van der Waals surface area contributed by atoms with Crippen molar-refractivity contribution in [3.63, 3.8) is 0 Å². The molecule has 1 unspecified atom stereocenters. The SMILES string of the molecule is CCC1(C(=O)O)CCCN1C(=O)NCCc1ncon1. The molecule has 2 rings (SSSR count). The summed E-state index contributed by atoms with van der Waals surface area (Å²) in [6.07, 6.45) is 3.28. The highest BCUT2D eigenvalue weighted by Crippen LogP contribution is 2.32. The second-order valence-corrected chi connectivity index (χ2v) is 4.77. The zero-order valence-electron chi connectivity index (χ0n) is 11.3. The summed E-state index contributed by atoms with van der Waals surface area (Å²) >= 11 is 0. The monoisotopic (exact) mass is 282 g/mol. The molecule has 20 heavy (non-hydrogen) atoms. The van der Waals surface area contributed by atoms with Crippen LogP contribution in [-0.4, -0.2) is 50.8 Å². The van der Waals surface area contributed by atoms with E-state index in [1.165, 1.54) is 11.3 Å². The van der Waals surface area contributed by atoms with E-state index in [0.29, 0.717) is 44.6 Å². The van der Waals surface area contributed by atoms with E-state index in [-0.39, 0.29) is 6.03 Å². The van der Waals surface area contributed by atoms with Crippen molar-refractivity contribution in [2.24, 2.45) is 0 Å². The normalized spacial score (nSPS) is 21.9. The molecule has 1 aliphatic heterocycles. The van der Waals surface area contributed by atoms with E-state index in [4.69, 9.17) is 0 Å². The summed E-state index contributed by atoms with van der Waals surface area (Å²) < 4.78 is 4.59. The Balaban J connectivity index is 1.92. The number of hydrogen-bond donors (Lipinski definition) is 2. The minimum Gasteiger partial charge on any atom is -0.479 e. The van der Waals surface area contributed by atoms with E-state index >= 15 is 0 Å². The number of carbonyl (C=O) groups excluding carboxylic acids is 1. The van der Waals surface area contributed by atoms with Crippen molar-refractivity contribution in [2.75, 3.05) is 13.1 Å². The average molecular weight is 282 g/mol. The number of hydrogen-bond acceptors (Lipinski definition) is 5. The largest absolute Gasteiger partial charge is 0.479 e. The zero-order valence-corrected chi connectivity index (χ0v) is 11.3. The van der Waals surface area contributed by atoms with Crippen LogP contribution in [-0.2, 0) is 11.2 Å². The molecule has 8 nitrogen and oxygen atoms in total. The molecule has 1 saturated heterocycles. The predicted molar refractivity (Wildman–Crippen MR) is 68.0 cm³/mol. The molecule has 1 atom stereocenters. The third kappa shape index (κ3) is 2.59. The van der Waals surface area contributed by atoms with Crippen molar-refractivity contribution < 1.29 is 19.2 Å². The molecule has 0 bridgehead atoms. The number of nitrogens with one attached hydrogen (secondary N) is 1. The van der Waals surface area contributed by atoms with Crippen LogP contribution in [0, 0.1) is 0 Å². The molecule has 2 amide bonds. The van der Waals surface area contributed by atoms with Crippen molar-refractivity contribution in [1.29, 1.82) is 0 Å². The maximum Gasteiger partial charge on any atom is 0.329 e. The van der Waals surface area contributed by atoms with Crippen LogP contribution < -0.4 is 5.32 Å². The molecule has 1 aromatic rings. The highest BCUT2D eigenvalue weighted by molar-refractivity contribution is 5.87. The molecule has 2 heterocycles. The zero-order chi connectivity index (χ0) is 14.6. The Hall–Kier alpha value is -2.12. The topological polar surface area (TPSA) is 109 Å². The fraction of sp³-hybridized carbons (Fsp3) is 0.667. The molecule has 110 valence electrons. The van der Waals surface area contributed by atoms with Gasteiger partial charge in [0.2, 0.25) is 6.39 Å². The van der Waals surface area contributed by atoms with Gasteiger partial charge >= 0.3 is 12.0 Å². The number of carboxylic acids is 1. The van der Waals surface area contributed by atoms with Gasteiger partial charge in [0, 0.05) is 19.5 Å². The average Bonchev–Trinajstić information content (AvgIpc) is 3.07. The van der Waals surface area contributed by atoms with Gasteiger partial charge < -0.3 is 19.8 Å². The van der Waals surface area contributed by atoms with Gasteiger partial charge in [-0.2, -0.15) is 4.98 Å². The number of aromatic nitrogens is 2. The lowest BCUT2D eigenvalue weighted by Gasteiger charge is -2.33. The van der Waals surface area contributed by atoms with Gasteiger partial charge in [-0.05, 0) is 19.3 Å². The molecule has 1 aliphatic rings. The molecule has 0 saturated carbocycles. The van der Waals surface area contributed by atoms with Crippen molar-refractivity contribution in [3.05, 3.63) is 12.2 Å². The smallest absolute Gasteiger partial charge is 0.329 e. The quantitative estimate of drug-likeness (QED) is 0.820. The van der Waals surface area contributed by atoms with Crippen molar-refractivity contribution >= 4 is 12.0 Å². The number of aliphatic carboxylic acids is 1. The number of likely N-dealkylation sites (tertiary alicyclic amines) is 1. The lowest BCUT2D eigenvalue weighted by atomic mass is 9.93. The summed E-state index contributed by atoms with van der Waals surface area (Å²) in [5.74, 6) is -0.433. The van der Waals surface area contributed by atoms with Crippen LogP contribution in [0.4, 0.5) is 4.79 Å². The van der Waals surface area contributed by atoms with E-state index in [1.807, 2.05) is 0 Å². The number of carboxylic acid groups (broad SMARTS) is 1. The van der Waals surface area contributed by atoms with Crippen LogP contribution in [0.5, 0.6) is 0 Å². The van der Waals surface area contributed by atoms with Crippen LogP contribution >= 0.6 is 0 Å². The first-order chi connectivity index (χ1) is 9.60. The molecule has 0 aliphatic carbocycles. The van der Waals surface area contributed by atoms with Gasteiger partial charge in [0.15, 0.2) is 5.82 Å². The molecular weight excluding hydrogens is 264 g/mol. The van der Waals surface area contributed by atoms with Gasteiger partial charge in [-0.1, -0.05) is 12.1 Å². The Bertz CT molecular complexity index is 476. The lowest BCUT2D eigenvalue weighted by Crippen LogP contribution is -2.55. The maximum absolute atomic E-state index is 12.1. The Labute approximate surface area is 116 Å². The summed E-state index contributed by atoms with van der Waals surface area (Å²) in [6, 6.07) is -0.352. The Morgan fingerprint density at radius 1 is 1.60 bits per heavy atom. The Kier molecular flexibility index (Phi) is 4.21. The van der Waals surface area contributed by atoms with Crippen LogP contribution in [0.25, 0.3) is 0 Å². The fourth-order valence-corrected chi connectivity index (χ4v) is 2.60. The van der Waals surface area contributed by atoms with Crippen LogP contribution in [0.3, 0.4) is 0 Å². The van der Waals surface area contributed by atoms with Gasteiger partial charge in [-0.15, -0.1) is 0 Å². The number of nitrogens with zero attached hydrogens (tertiary/aromatic N) is 3. The highest BCUT2D eigenvalue weighted by Gasteiger charge is 2.48. The fourth-order valence-electron chi connectivity index (χ4n) is 2.60. The van der Waals surface area contributed by atoms with Crippen molar-refractivity contribution in [2.45, 2.75) is 38.1 Å². The third-order valence-electron chi connectivity index (χ3n) is 3.75. The third-order valence-corrected chi connectivity index (χ3v) is 3.75. The van der Waals surface area contributed by atoms with Crippen LogP contribution in [0.2, 0.25) is 0 Å². The molecule has 1 fully saturated rings. The first kappa shape index (κ1) is 14.3. The van der Waals surface area contributed by atoms with Crippen LogP contribution in [0.15, 0.2) is 10.9 Å². The van der Waals surface area contributed by atoms with E-state index in [1.54, 1.807) is 6.92 Å². The molecule has 0 spiro atoms. The summed E-state index contributed by atoms with van der Waals surface area (Å²) in [7, 11) is 0. The van der Waals surface area contributed by atoms with Gasteiger partial charge in [0.05, 0.1) is 0 Å². The van der Waals surface area contributed by atoms with E-state index in [0.717, 1.165) is 0 Å². The van der Waals surface area contributed by atoms with E-state index in [9.17, 15) is 14.7 Å². The first-order valence-corrected chi connectivity index (χ1v) is 6.64. The Morgan fingerprint density at radius 3 is 3.00 bits per heavy atom. The minimum atomic E-state index is -1.07. The standard InChI is InChI=1S/C12H18N4O4/c1-2-12(10(17)18)5-3-7-16(12)11(19)13-6-4-9-14-8-20-15-9/h8H,2-7H2,1H3,(H,13,19)(H,17,18). The molecular formula is C12H18N4O4. The van der Waals surface area contributed by atoms with E-state index < -0.39 is 11.5 Å². The summed E-state index contributed by atoms with van der Waals surface area (Å²) in [4.78, 5) is 28.9. The van der Waals surface area contributed by atoms with Crippen molar-refractivity contribution in [1.82, 2.24) is 20.4 Å². The molecule has 8 heteroatoms. The Morgan fingerprint density at radius 2 is 2.40 bits per heavy atom. The van der Waals surface area contributed by atoms with Crippen LogP contribution in [0.1, 0.15) is 32.0 Å². The predicted octanol–water partition coefficient (Wildman–Crippen LogP) is 0.651. The molecule has 0 aromatic carbocycles. The number of carbonyl (C=O) groups is 2. The summed E-state index contributed by atoms with van der Waals surface area (Å²) in [6.45, 7) is 2.60. The van der Waals surface area contributed by atoms with Gasteiger partial charge in [-0.25, -0.2) is 9.59 Å². The summed E-state index contributed by atoms with van der Waals surface area (Å²) in [5, 5.41) is 15.8. The number of amides is 2. The van der Waals surface area contributed by atoms with Gasteiger partial charge in [0.25, 0.3) is 0 Å². The molecule has 2 N–H and O–H groups in total. The molecule has 0 radical (unpaired) electrons. The maximum atomic E-state index is 12.1. The lowest BCUT2D eigenvalue weighted by molar-refractivity contribution is -0.148. The number of rotatable bonds is 5. The first-order valence-electron chi connectivity index (χ1n) is 6.64. The van der Waals surface area contributed by atoms with E-state index in [2.05, 4.69) is 20.0 Å². The van der Waals surface area contributed by atoms with Gasteiger partial charge in [0.1, 0.15) is 5.54 Å². The highest BCUT2D eigenvalue weighted by atomic mass is 16.5. The molecule has 1 aromatic heterocycles. The van der Waals surface area contributed by atoms with Crippen molar-refractivity contribution in [3.8, 4) is 0 Å². The minimum absolute atomic E-state index is 0.342. The van der Waals surface area contributed by atoms with Gasteiger partial charge in [-0.3, -0.25) is 0 Å². The second-order valence-electron chi connectivity index (χ2n) is 4.77. The number of urea groups is 1.